The van der Waals surface area contributed by atoms with Crippen molar-refractivity contribution >= 4 is 11.6 Å². The number of piperidine rings is 1. The fraction of sp³-hybridized carbons (Fsp3) is 0.667. The molecule has 21 heavy (non-hydrogen) atoms. The lowest BCUT2D eigenvalue weighted by Gasteiger charge is -2.45. The normalized spacial score (nSPS) is 29.7. The van der Waals surface area contributed by atoms with Gasteiger partial charge in [-0.2, -0.15) is 0 Å². The number of halogens is 1. The van der Waals surface area contributed by atoms with E-state index in [1.165, 1.54) is 50.8 Å². The predicted molar refractivity (Wildman–Crippen MR) is 89.5 cm³/mol. The second-order valence-electron chi connectivity index (χ2n) is 6.91. The van der Waals surface area contributed by atoms with E-state index < -0.39 is 0 Å². The van der Waals surface area contributed by atoms with Crippen molar-refractivity contribution in [2.24, 2.45) is 17.6 Å². The Morgan fingerprint density at radius 2 is 1.86 bits per heavy atom. The van der Waals surface area contributed by atoms with Gasteiger partial charge in [-0.3, -0.25) is 4.90 Å². The monoisotopic (exact) mass is 306 g/mol. The third kappa shape index (κ3) is 3.28. The molecule has 2 aliphatic rings. The van der Waals surface area contributed by atoms with Crippen LogP contribution in [0.25, 0.3) is 0 Å². The highest BCUT2D eigenvalue weighted by molar-refractivity contribution is 6.31. The van der Waals surface area contributed by atoms with E-state index in [0.717, 1.165) is 16.9 Å². The van der Waals surface area contributed by atoms with Crippen LogP contribution in [0.2, 0.25) is 5.02 Å². The average molecular weight is 307 g/mol. The number of hydrogen-bond acceptors (Lipinski definition) is 2. The van der Waals surface area contributed by atoms with Crippen LogP contribution in [-0.4, -0.2) is 24.0 Å². The summed E-state index contributed by atoms with van der Waals surface area (Å²) in [5, 5.41) is 0.852. The minimum Gasteiger partial charge on any atom is -0.326 e. The molecule has 0 amide bonds. The molecule has 1 heterocycles. The van der Waals surface area contributed by atoms with Crippen molar-refractivity contribution in [3.05, 3.63) is 34.9 Å². The molecule has 2 fully saturated rings. The summed E-state index contributed by atoms with van der Waals surface area (Å²) >= 11 is 6.44. The van der Waals surface area contributed by atoms with Gasteiger partial charge in [0.1, 0.15) is 0 Å². The van der Waals surface area contributed by atoms with Gasteiger partial charge in [-0.25, -0.2) is 0 Å². The molecule has 1 aromatic carbocycles. The summed E-state index contributed by atoms with van der Waals surface area (Å²) in [6, 6.07) is 8.55. The van der Waals surface area contributed by atoms with Crippen LogP contribution in [0.15, 0.2) is 24.3 Å². The van der Waals surface area contributed by atoms with Crippen LogP contribution >= 0.6 is 11.6 Å². The van der Waals surface area contributed by atoms with Crippen LogP contribution in [0.3, 0.4) is 0 Å². The largest absolute Gasteiger partial charge is 0.326 e. The first kappa shape index (κ1) is 15.3. The molecule has 4 atom stereocenters. The fourth-order valence-corrected chi connectivity index (χ4v) is 4.66. The fourth-order valence-electron chi connectivity index (χ4n) is 4.41. The Bertz CT molecular complexity index is 474. The van der Waals surface area contributed by atoms with Crippen molar-refractivity contribution in [1.29, 1.82) is 0 Å². The topological polar surface area (TPSA) is 29.3 Å². The van der Waals surface area contributed by atoms with E-state index in [1.54, 1.807) is 0 Å². The summed E-state index contributed by atoms with van der Waals surface area (Å²) < 4.78 is 0. The molecular formula is C18H27ClN2. The van der Waals surface area contributed by atoms with Crippen molar-refractivity contribution in [2.75, 3.05) is 13.1 Å². The first-order valence-electron chi connectivity index (χ1n) is 8.41. The van der Waals surface area contributed by atoms with Crippen molar-refractivity contribution in [3.8, 4) is 0 Å². The van der Waals surface area contributed by atoms with Crippen molar-refractivity contribution < 1.29 is 0 Å². The van der Waals surface area contributed by atoms with E-state index >= 15 is 0 Å². The van der Waals surface area contributed by atoms with Gasteiger partial charge in [0, 0.05) is 17.6 Å². The van der Waals surface area contributed by atoms with Crippen molar-refractivity contribution in [1.82, 2.24) is 4.90 Å². The Morgan fingerprint density at radius 1 is 1.14 bits per heavy atom. The van der Waals surface area contributed by atoms with Gasteiger partial charge < -0.3 is 5.73 Å². The predicted octanol–water partition coefficient (Wildman–Crippen LogP) is 4.24. The highest BCUT2D eigenvalue weighted by atomic mass is 35.5. The van der Waals surface area contributed by atoms with Gasteiger partial charge in [-0.15, -0.1) is 0 Å². The molecule has 1 aromatic rings. The maximum absolute atomic E-state index is 6.44. The molecule has 3 rings (SSSR count). The Hall–Kier alpha value is -0.570. The number of rotatable bonds is 3. The highest BCUT2D eigenvalue weighted by Gasteiger charge is 2.35. The second kappa shape index (κ2) is 6.68. The zero-order chi connectivity index (χ0) is 14.8. The molecule has 0 aromatic heterocycles. The van der Waals surface area contributed by atoms with E-state index in [4.69, 9.17) is 17.3 Å². The van der Waals surface area contributed by atoms with Crippen LogP contribution in [0, 0.1) is 11.8 Å². The summed E-state index contributed by atoms with van der Waals surface area (Å²) in [7, 11) is 0. The van der Waals surface area contributed by atoms with E-state index in [-0.39, 0.29) is 12.1 Å². The van der Waals surface area contributed by atoms with Gasteiger partial charge in [-0.1, -0.05) is 49.1 Å². The number of nitrogens with zero attached hydrogens (tertiary/aromatic N) is 1. The Kier molecular flexibility index (Phi) is 4.88. The van der Waals surface area contributed by atoms with Crippen LogP contribution in [-0.2, 0) is 0 Å². The molecule has 2 nitrogen and oxygen atoms in total. The van der Waals surface area contributed by atoms with Crippen molar-refractivity contribution in [2.45, 2.75) is 51.1 Å². The summed E-state index contributed by atoms with van der Waals surface area (Å²) in [5.74, 6) is 1.83. The minimum absolute atomic E-state index is 0.102. The summed E-state index contributed by atoms with van der Waals surface area (Å²) in [5.41, 5.74) is 7.53. The van der Waals surface area contributed by atoms with E-state index in [9.17, 15) is 0 Å². The maximum atomic E-state index is 6.44. The molecule has 116 valence electrons. The molecule has 0 spiro atoms. The van der Waals surface area contributed by atoms with Gasteiger partial charge in [0.15, 0.2) is 0 Å². The highest BCUT2D eigenvalue weighted by Crippen LogP contribution is 2.40. The van der Waals surface area contributed by atoms with E-state index in [0.29, 0.717) is 0 Å². The maximum Gasteiger partial charge on any atom is 0.0511 e. The third-order valence-electron chi connectivity index (χ3n) is 5.44. The Labute approximate surface area is 133 Å². The first-order chi connectivity index (χ1) is 10.2. The molecule has 1 saturated heterocycles. The van der Waals surface area contributed by atoms with Crippen LogP contribution in [0.1, 0.15) is 50.6 Å². The lowest BCUT2D eigenvalue weighted by atomic mass is 9.74. The molecule has 0 radical (unpaired) electrons. The lowest BCUT2D eigenvalue weighted by molar-refractivity contribution is 0.0494. The van der Waals surface area contributed by atoms with Gasteiger partial charge in [0.2, 0.25) is 0 Å². The average Bonchev–Trinajstić information content (AvgIpc) is 2.49. The number of hydrogen-bond donors (Lipinski definition) is 1. The number of likely N-dealkylation sites (tertiary alicyclic amines) is 1. The van der Waals surface area contributed by atoms with Gasteiger partial charge >= 0.3 is 0 Å². The molecule has 3 heteroatoms. The summed E-state index contributed by atoms with van der Waals surface area (Å²) in [4.78, 5) is 2.60. The molecular weight excluding hydrogens is 280 g/mol. The molecule has 1 aliphatic carbocycles. The van der Waals surface area contributed by atoms with Crippen LogP contribution in [0.5, 0.6) is 0 Å². The quantitative estimate of drug-likeness (QED) is 0.905. The van der Waals surface area contributed by atoms with Gasteiger partial charge in [0.25, 0.3) is 0 Å². The zero-order valence-electron chi connectivity index (χ0n) is 13.0. The standard InChI is InChI=1S/C18H27ClN2/c1-13(20)18(16-8-4-5-9-17(16)19)21-11-10-14-6-2-3-7-15(14)12-21/h4-5,8-9,13-15,18H,2-3,6-7,10-12,20H2,1H3. The molecule has 4 unspecified atom stereocenters. The summed E-state index contributed by atoms with van der Waals surface area (Å²) in [6.45, 7) is 4.47. The molecule has 1 saturated carbocycles. The zero-order valence-corrected chi connectivity index (χ0v) is 13.7. The van der Waals surface area contributed by atoms with Gasteiger partial charge in [-0.05, 0) is 49.8 Å². The van der Waals surface area contributed by atoms with E-state index in [2.05, 4.69) is 24.0 Å². The Morgan fingerprint density at radius 3 is 2.57 bits per heavy atom. The van der Waals surface area contributed by atoms with Gasteiger partial charge in [0.05, 0.1) is 6.04 Å². The Balaban J connectivity index is 1.80. The van der Waals surface area contributed by atoms with Crippen molar-refractivity contribution in [3.63, 3.8) is 0 Å². The second-order valence-corrected chi connectivity index (χ2v) is 7.32. The number of benzene rings is 1. The third-order valence-corrected chi connectivity index (χ3v) is 5.78. The molecule has 0 bridgehead atoms. The molecule has 2 N–H and O–H groups in total. The first-order valence-corrected chi connectivity index (χ1v) is 8.78. The number of fused-ring (bicyclic) bond motifs is 1. The smallest absolute Gasteiger partial charge is 0.0511 e. The lowest BCUT2D eigenvalue weighted by Crippen LogP contribution is -2.48. The van der Waals surface area contributed by atoms with E-state index in [1.807, 2.05) is 12.1 Å². The van der Waals surface area contributed by atoms with Crippen LogP contribution in [0.4, 0.5) is 0 Å². The van der Waals surface area contributed by atoms with Crippen LogP contribution < -0.4 is 5.73 Å². The SMILES string of the molecule is CC(N)C(c1ccccc1Cl)N1CCC2CCCCC2C1. The minimum atomic E-state index is 0.102. The molecule has 1 aliphatic heterocycles. The number of nitrogens with two attached hydrogens (primary N) is 1. The summed E-state index contributed by atoms with van der Waals surface area (Å²) in [6.07, 6.45) is 7.01.